The molecule has 0 spiro atoms. The molecule has 5 nitrogen and oxygen atoms in total. The number of para-hydroxylation sites is 1. The lowest BCUT2D eigenvalue weighted by Crippen LogP contribution is -2.08. The van der Waals surface area contributed by atoms with Crippen molar-refractivity contribution in [2.75, 3.05) is 13.2 Å². The lowest BCUT2D eigenvalue weighted by Gasteiger charge is -2.11. The largest absolute Gasteiger partial charge is 0.489 e. The Bertz CT molecular complexity index is 923. The predicted octanol–water partition coefficient (Wildman–Crippen LogP) is 4.40. The molecule has 0 aliphatic carbocycles. The van der Waals surface area contributed by atoms with E-state index < -0.39 is 0 Å². The van der Waals surface area contributed by atoms with E-state index in [9.17, 15) is 4.79 Å². The van der Waals surface area contributed by atoms with E-state index in [0.29, 0.717) is 29.7 Å². The van der Waals surface area contributed by atoms with Crippen LogP contribution in [0.25, 0.3) is 10.2 Å². The van der Waals surface area contributed by atoms with Crippen molar-refractivity contribution in [2.24, 2.45) is 0 Å². The Labute approximate surface area is 159 Å². The molecular weight excluding hydrogens is 374 g/mol. The van der Waals surface area contributed by atoms with Gasteiger partial charge < -0.3 is 14.2 Å². The number of carbonyl (C=O) groups excluding carboxylic acids is 1. The van der Waals surface area contributed by atoms with E-state index in [0.717, 1.165) is 27.2 Å². The van der Waals surface area contributed by atoms with Crippen molar-refractivity contribution in [1.29, 1.82) is 0 Å². The lowest BCUT2D eigenvalue weighted by atomic mass is 10.1. The second-order valence-corrected chi connectivity index (χ2v) is 7.39. The Morgan fingerprint density at radius 2 is 2.08 bits per heavy atom. The molecular formula is C19H16ClNO4S. The van der Waals surface area contributed by atoms with Crippen molar-refractivity contribution >= 4 is 39.1 Å². The van der Waals surface area contributed by atoms with Crippen LogP contribution in [0.1, 0.15) is 17.0 Å². The first-order valence-corrected chi connectivity index (χ1v) is 9.46. The van der Waals surface area contributed by atoms with Crippen LogP contribution in [0.15, 0.2) is 36.4 Å². The van der Waals surface area contributed by atoms with E-state index in [1.165, 1.54) is 11.3 Å². The fraction of sp³-hybridized carbons (Fsp3) is 0.263. The summed E-state index contributed by atoms with van der Waals surface area (Å²) in [6.07, 6.45) is 0.909. The van der Waals surface area contributed by atoms with Gasteiger partial charge in [-0.1, -0.05) is 23.7 Å². The van der Waals surface area contributed by atoms with Gasteiger partial charge in [-0.2, -0.15) is 0 Å². The number of esters is 1. The Morgan fingerprint density at radius 1 is 1.23 bits per heavy atom. The number of fused-ring (bicyclic) bond motifs is 2. The molecule has 3 aromatic rings. The first kappa shape index (κ1) is 17.1. The van der Waals surface area contributed by atoms with Crippen molar-refractivity contribution in [3.63, 3.8) is 0 Å². The molecule has 0 saturated heterocycles. The van der Waals surface area contributed by atoms with Crippen LogP contribution in [0.2, 0.25) is 5.02 Å². The van der Waals surface area contributed by atoms with Gasteiger partial charge in [0.15, 0.2) is 11.5 Å². The van der Waals surface area contributed by atoms with Gasteiger partial charge in [0, 0.05) is 6.42 Å². The molecule has 26 heavy (non-hydrogen) atoms. The van der Waals surface area contributed by atoms with Crippen molar-refractivity contribution in [3.8, 4) is 11.5 Å². The summed E-state index contributed by atoms with van der Waals surface area (Å²) < 4.78 is 17.7. The molecule has 0 unspecified atom stereocenters. The molecule has 7 heteroatoms. The van der Waals surface area contributed by atoms with Gasteiger partial charge in [-0.15, -0.1) is 11.3 Å². The van der Waals surface area contributed by atoms with Crippen molar-refractivity contribution < 1.29 is 19.0 Å². The lowest BCUT2D eigenvalue weighted by molar-refractivity contribution is -0.144. The molecule has 0 bridgehead atoms. The highest BCUT2D eigenvalue weighted by Gasteiger charge is 2.17. The maximum Gasteiger partial charge on any atom is 0.310 e. The second kappa shape index (κ2) is 7.51. The SMILES string of the molecule is O=C(Cc1cc(Cl)c2c(c1)OCCCO2)OCc1nc2ccccc2s1. The van der Waals surface area contributed by atoms with Crippen LogP contribution in [0, 0.1) is 0 Å². The first-order valence-electron chi connectivity index (χ1n) is 8.27. The van der Waals surface area contributed by atoms with Gasteiger partial charge in [0.05, 0.1) is 34.9 Å². The molecule has 4 rings (SSSR count). The summed E-state index contributed by atoms with van der Waals surface area (Å²) in [6.45, 7) is 1.29. The van der Waals surface area contributed by atoms with E-state index in [-0.39, 0.29) is 19.0 Å². The molecule has 0 amide bonds. The molecule has 0 fully saturated rings. The number of halogens is 1. The minimum absolute atomic E-state index is 0.112. The number of carbonyl (C=O) groups is 1. The summed E-state index contributed by atoms with van der Waals surface area (Å²) in [6, 6.07) is 11.3. The quantitative estimate of drug-likeness (QED) is 0.619. The summed E-state index contributed by atoms with van der Waals surface area (Å²) in [5.41, 5.74) is 1.65. The summed E-state index contributed by atoms with van der Waals surface area (Å²) in [5.74, 6) is 0.773. The Balaban J connectivity index is 1.41. The predicted molar refractivity (Wildman–Crippen MR) is 100 cm³/mol. The number of hydrogen-bond donors (Lipinski definition) is 0. The zero-order valence-corrected chi connectivity index (χ0v) is 15.4. The number of hydrogen-bond acceptors (Lipinski definition) is 6. The van der Waals surface area contributed by atoms with E-state index in [1.807, 2.05) is 24.3 Å². The van der Waals surface area contributed by atoms with Crippen LogP contribution in [-0.2, 0) is 22.6 Å². The van der Waals surface area contributed by atoms with Crippen LogP contribution in [0.3, 0.4) is 0 Å². The van der Waals surface area contributed by atoms with Gasteiger partial charge in [0.2, 0.25) is 0 Å². The van der Waals surface area contributed by atoms with Gasteiger partial charge in [-0.25, -0.2) is 4.98 Å². The zero-order valence-electron chi connectivity index (χ0n) is 13.9. The van der Waals surface area contributed by atoms with E-state index in [2.05, 4.69) is 4.98 Å². The zero-order chi connectivity index (χ0) is 17.9. The minimum Gasteiger partial charge on any atom is -0.489 e. The Morgan fingerprint density at radius 3 is 2.96 bits per heavy atom. The standard InChI is InChI=1S/C19H16ClNO4S/c20-13-8-12(9-15-19(13)24-7-3-6-23-15)10-18(22)25-11-17-21-14-4-1-2-5-16(14)26-17/h1-2,4-5,8-9H,3,6-7,10-11H2. The van der Waals surface area contributed by atoms with Crippen molar-refractivity contribution in [2.45, 2.75) is 19.4 Å². The van der Waals surface area contributed by atoms with Crippen LogP contribution >= 0.6 is 22.9 Å². The molecule has 1 aliphatic rings. The maximum atomic E-state index is 12.2. The molecule has 134 valence electrons. The number of rotatable bonds is 4. The summed E-state index contributed by atoms with van der Waals surface area (Å²) >= 11 is 7.78. The molecule has 0 radical (unpaired) electrons. The Hall–Kier alpha value is -2.31. The highest BCUT2D eigenvalue weighted by atomic mass is 35.5. The smallest absolute Gasteiger partial charge is 0.310 e. The van der Waals surface area contributed by atoms with Gasteiger partial charge >= 0.3 is 5.97 Å². The second-order valence-electron chi connectivity index (χ2n) is 5.87. The monoisotopic (exact) mass is 389 g/mol. The summed E-state index contributed by atoms with van der Waals surface area (Å²) in [4.78, 5) is 16.6. The van der Waals surface area contributed by atoms with Gasteiger partial charge in [0.1, 0.15) is 11.6 Å². The number of ether oxygens (including phenoxy) is 3. The van der Waals surface area contributed by atoms with Gasteiger partial charge in [0.25, 0.3) is 0 Å². The first-order chi connectivity index (χ1) is 12.7. The van der Waals surface area contributed by atoms with Crippen LogP contribution in [0.4, 0.5) is 0 Å². The highest BCUT2D eigenvalue weighted by molar-refractivity contribution is 7.18. The highest BCUT2D eigenvalue weighted by Crippen LogP contribution is 2.38. The maximum absolute atomic E-state index is 12.2. The molecule has 2 heterocycles. The van der Waals surface area contributed by atoms with E-state index in [4.69, 9.17) is 25.8 Å². The molecule has 1 aliphatic heterocycles. The average molecular weight is 390 g/mol. The number of nitrogens with zero attached hydrogens (tertiary/aromatic N) is 1. The molecule has 0 atom stereocenters. The molecule has 0 N–H and O–H groups in total. The summed E-state index contributed by atoms with van der Waals surface area (Å²) in [7, 11) is 0. The third-order valence-corrected chi connectivity index (χ3v) is 5.20. The minimum atomic E-state index is -0.338. The molecule has 1 aromatic heterocycles. The molecule has 0 saturated carbocycles. The van der Waals surface area contributed by atoms with Gasteiger partial charge in [-0.05, 0) is 29.8 Å². The van der Waals surface area contributed by atoms with Crippen LogP contribution in [-0.4, -0.2) is 24.2 Å². The third-order valence-electron chi connectivity index (χ3n) is 3.91. The van der Waals surface area contributed by atoms with Crippen LogP contribution in [0.5, 0.6) is 11.5 Å². The number of aromatic nitrogens is 1. The van der Waals surface area contributed by atoms with Crippen LogP contribution < -0.4 is 9.47 Å². The number of thiazole rings is 1. The van der Waals surface area contributed by atoms with E-state index >= 15 is 0 Å². The summed E-state index contributed by atoms with van der Waals surface area (Å²) in [5, 5.41) is 1.22. The number of benzene rings is 2. The normalized spacial score (nSPS) is 13.4. The fourth-order valence-electron chi connectivity index (χ4n) is 2.73. The van der Waals surface area contributed by atoms with E-state index in [1.54, 1.807) is 12.1 Å². The fourth-order valence-corrected chi connectivity index (χ4v) is 3.90. The average Bonchev–Trinajstić information content (AvgIpc) is 2.89. The molecule has 2 aromatic carbocycles. The third kappa shape index (κ3) is 3.76. The Kier molecular flexibility index (Phi) is 4.95. The van der Waals surface area contributed by atoms with Gasteiger partial charge in [-0.3, -0.25) is 4.79 Å². The topological polar surface area (TPSA) is 57.7 Å². The van der Waals surface area contributed by atoms with Crippen molar-refractivity contribution in [1.82, 2.24) is 4.98 Å². The van der Waals surface area contributed by atoms with Crippen molar-refractivity contribution in [3.05, 3.63) is 52.0 Å².